The molecule has 0 unspecified atom stereocenters. The van der Waals surface area contributed by atoms with Gasteiger partial charge in [0.15, 0.2) is 23.0 Å². The first-order valence-corrected chi connectivity index (χ1v) is 14.3. The number of rotatable bonds is 9. The van der Waals surface area contributed by atoms with Gasteiger partial charge in [0.1, 0.15) is 28.5 Å². The third-order valence-electron chi connectivity index (χ3n) is 7.75. The zero-order valence-corrected chi connectivity index (χ0v) is 24.7. The van der Waals surface area contributed by atoms with Crippen molar-refractivity contribution in [1.29, 1.82) is 5.26 Å². The first-order chi connectivity index (χ1) is 22.6. The van der Waals surface area contributed by atoms with Gasteiger partial charge in [0.25, 0.3) is 5.56 Å². The average Bonchev–Trinajstić information content (AvgIpc) is 3.35. The Balaban J connectivity index is 1.29. The van der Waals surface area contributed by atoms with E-state index in [1.807, 2.05) is 36.4 Å². The Morgan fingerprint density at radius 2 is 1.96 bits per heavy atom. The third kappa shape index (κ3) is 6.23. The molecule has 0 amide bonds. The highest BCUT2D eigenvalue weighted by Gasteiger charge is 2.37. The van der Waals surface area contributed by atoms with Crippen LogP contribution in [0.5, 0.6) is 5.75 Å². The predicted molar refractivity (Wildman–Crippen MR) is 162 cm³/mol. The lowest BCUT2D eigenvalue weighted by atomic mass is 9.88. The normalized spacial score (nSPS) is 16.5. The summed E-state index contributed by atoms with van der Waals surface area (Å²) in [6.07, 6.45) is 0.0629. The van der Waals surface area contributed by atoms with Gasteiger partial charge >= 0.3 is 6.18 Å². The lowest BCUT2D eigenvalue weighted by molar-refractivity contribution is -0.138. The molecule has 0 atom stereocenters. The summed E-state index contributed by atoms with van der Waals surface area (Å²) < 4.78 is 70.3. The highest BCUT2D eigenvalue weighted by molar-refractivity contribution is 5.84. The number of anilines is 2. The molecule has 5 aromatic rings. The quantitative estimate of drug-likeness (QED) is 0.155. The first-order valence-electron chi connectivity index (χ1n) is 14.3. The van der Waals surface area contributed by atoms with Crippen LogP contribution in [0.4, 0.5) is 29.2 Å². The van der Waals surface area contributed by atoms with Gasteiger partial charge in [0.05, 0.1) is 24.5 Å². The number of alkyl halides is 3. The number of hydrogen-bond acceptors (Lipinski definition) is 9. The monoisotopic (exact) mass is 646 g/mol. The van der Waals surface area contributed by atoms with E-state index < -0.39 is 29.2 Å². The molecule has 4 aromatic heterocycles. The Bertz CT molecular complexity index is 2080. The number of fused-ring (bicyclic) bond motifs is 1. The minimum atomic E-state index is -4.74. The topological polar surface area (TPSA) is 146 Å². The fraction of sp³-hybridized carbons (Fsp3) is 0.219. The molecule has 11 nitrogen and oxygen atoms in total. The number of hydrogen-bond donors (Lipinski definition) is 2. The van der Waals surface area contributed by atoms with Gasteiger partial charge in [-0.1, -0.05) is 30.3 Å². The third-order valence-corrected chi connectivity index (χ3v) is 7.75. The van der Waals surface area contributed by atoms with E-state index in [0.717, 1.165) is 28.6 Å². The van der Waals surface area contributed by atoms with Crippen LogP contribution in [-0.4, -0.2) is 30.2 Å². The molecule has 0 bridgehead atoms. The molecule has 0 radical (unpaired) electrons. The molecule has 1 fully saturated rings. The fourth-order valence-corrected chi connectivity index (χ4v) is 5.23. The molecule has 1 aliphatic carbocycles. The Hall–Kier alpha value is -5.75. The van der Waals surface area contributed by atoms with Crippen molar-refractivity contribution in [1.82, 2.24) is 24.1 Å². The van der Waals surface area contributed by atoms with Crippen LogP contribution in [0.15, 0.2) is 78.1 Å². The SMILES string of the molecule is Cn1c(Nc2cc(C(F)(F)F)cn(C3CC(OCc4ccccc4)C3)c2=O)nc2ncc(OC(=CN)c3ncccc3F)c(C#N)c21. The number of ether oxygens (including phenoxy) is 2. The minimum Gasteiger partial charge on any atom is -0.450 e. The number of benzene rings is 1. The van der Waals surface area contributed by atoms with Crippen molar-refractivity contribution in [2.75, 3.05) is 5.32 Å². The number of aryl methyl sites for hydroxylation is 1. The van der Waals surface area contributed by atoms with Crippen LogP contribution in [-0.2, 0) is 24.6 Å². The van der Waals surface area contributed by atoms with Crippen molar-refractivity contribution in [3.05, 3.63) is 112 Å². The van der Waals surface area contributed by atoms with E-state index in [9.17, 15) is 27.6 Å². The number of nitrogens with two attached hydrogens (primary N) is 1. The van der Waals surface area contributed by atoms with Crippen LogP contribution in [0.3, 0.4) is 0 Å². The Morgan fingerprint density at radius 1 is 1.19 bits per heavy atom. The lowest BCUT2D eigenvalue weighted by Gasteiger charge is -2.36. The molecule has 3 N–H and O–H groups in total. The Kier molecular flexibility index (Phi) is 8.35. The van der Waals surface area contributed by atoms with Crippen molar-refractivity contribution >= 4 is 28.6 Å². The van der Waals surface area contributed by atoms with Gasteiger partial charge in [-0.3, -0.25) is 4.79 Å². The van der Waals surface area contributed by atoms with E-state index in [-0.39, 0.29) is 51.7 Å². The molecule has 4 heterocycles. The zero-order chi connectivity index (χ0) is 33.3. The van der Waals surface area contributed by atoms with Gasteiger partial charge in [-0.15, -0.1) is 0 Å². The highest BCUT2D eigenvalue weighted by atomic mass is 19.4. The fourth-order valence-electron chi connectivity index (χ4n) is 5.23. The molecule has 1 aliphatic rings. The highest BCUT2D eigenvalue weighted by Crippen LogP contribution is 2.37. The van der Waals surface area contributed by atoms with E-state index >= 15 is 0 Å². The molecule has 1 aromatic carbocycles. The van der Waals surface area contributed by atoms with E-state index in [1.165, 1.54) is 30.1 Å². The predicted octanol–water partition coefficient (Wildman–Crippen LogP) is 5.55. The summed E-state index contributed by atoms with van der Waals surface area (Å²) in [6.45, 7) is 0.352. The molecule has 15 heteroatoms. The van der Waals surface area contributed by atoms with Crippen molar-refractivity contribution in [3.8, 4) is 11.8 Å². The van der Waals surface area contributed by atoms with Gasteiger partial charge in [-0.25, -0.2) is 14.4 Å². The van der Waals surface area contributed by atoms with Gasteiger partial charge in [0.2, 0.25) is 5.95 Å². The summed E-state index contributed by atoms with van der Waals surface area (Å²) in [5, 5.41) is 12.7. The molecule has 0 aliphatic heterocycles. The van der Waals surface area contributed by atoms with Crippen LogP contribution in [0, 0.1) is 17.1 Å². The summed E-state index contributed by atoms with van der Waals surface area (Å²) in [6, 6.07) is 14.2. The Morgan fingerprint density at radius 3 is 2.64 bits per heavy atom. The molecule has 240 valence electrons. The standard InChI is InChI=1S/C32H26F4N8O3/c1-43-28-22(13-37)26(47-25(14-38)27-23(33)8-5-9-39-27)15-40-29(28)42-31(43)41-24-10-19(32(34,35)36)16-44(30(24)45)20-11-21(12-20)46-17-18-6-3-2-4-7-18/h2-10,14-16,20-21H,11-12,17,38H2,1H3,(H,40,41,42). The number of imidazole rings is 1. The molecule has 6 rings (SSSR count). The summed E-state index contributed by atoms with van der Waals surface area (Å²) >= 11 is 0. The molecule has 0 spiro atoms. The average molecular weight is 647 g/mol. The van der Waals surface area contributed by atoms with Crippen LogP contribution < -0.4 is 21.3 Å². The van der Waals surface area contributed by atoms with Crippen molar-refractivity contribution in [2.45, 2.75) is 37.8 Å². The van der Waals surface area contributed by atoms with Crippen LogP contribution >= 0.6 is 0 Å². The molecule has 47 heavy (non-hydrogen) atoms. The number of nitriles is 1. The largest absolute Gasteiger partial charge is 0.450 e. The van der Waals surface area contributed by atoms with Crippen molar-refractivity contribution in [3.63, 3.8) is 0 Å². The van der Waals surface area contributed by atoms with E-state index in [1.54, 1.807) is 0 Å². The number of halogens is 4. The summed E-state index contributed by atoms with van der Waals surface area (Å²) in [7, 11) is 1.48. The maximum Gasteiger partial charge on any atom is 0.417 e. The number of nitrogens with one attached hydrogen (secondary N) is 1. The Labute approximate surface area is 264 Å². The smallest absolute Gasteiger partial charge is 0.417 e. The van der Waals surface area contributed by atoms with E-state index in [2.05, 4.69) is 20.3 Å². The lowest BCUT2D eigenvalue weighted by Crippen LogP contribution is -2.39. The molecule has 1 saturated carbocycles. The van der Waals surface area contributed by atoms with Crippen molar-refractivity contribution in [2.24, 2.45) is 12.8 Å². The summed E-state index contributed by atoms with van der Waals surface area (Å²) in [5.41, 5.74) is 4.42. The van der Waals surface area contributed by atoms with E-state index in [4.69, 9.17) is 15.2 Å². The second kappa shape index (κ2) is 12.6. The zero-order valence-electron chi connectivity index (χ0n) is 24.7. The van der Waals surface area contributed by atoms with Crippen LogP contribution in [0.1, 0.15) is 41.3 Å². The summed E-state index contributed by atoms with van der Waals surface area (Å²) in [4.78, 5) is 25.9. The second-order valence-electron chi connectivity index (χ2n) is 10.8. The van der Waals surface area contributed by atoms with Gasteiger partial charge in [-0.05, 0) is 36.6 Å². The maximum absolute atomic E-state index is 14.4. The summed E-state index contributed by atoms with van der Waals surface area (Å²) in [5.74, 6) is -1.07. The van der Waals surface area contributed by atoms with Crippen LogP contribution in [0.2, 0.25) is 0 Å². The van der Waals surface area contributed by atoms with Gasteiger partial charge in [0, 0.05) is 31.7 Å². The molecular weight excluding hydrogens is 620 g/mol. The first kappa shape index (κ1) is 31.2. The van der Waals surface area contributed by atoms with Gasteiger partial charge < -0.3 is 29.7 Å². The molecular formula is C32H26F4N8O3. The number of nitrogens with zero attached hydrogens (tertiary/aromatic N) is 6. The minimum absolute atomic E-state index is 0.0332. The number of aromatic nitrogens is 5. The van der Waals surface area contributed by atoms with Gasteiger partial charge in [-0.2, -0.15) is 23.4 Å². The second-order valence-corrected chi connectivity index (χ2v) is 10.8. The van der Waals surface area contributed by atoms with Crippen molar-refractivity contribution < 1.29 is 27.0 Å². The number of pyridine rings is 3. The molecule has 0 saturated heterocycles. The maximum atomic E-state index is 14.4. The van der Waals surface area contributed by atoms with Crippen LogP contribution in [0.25, 0.3) is 16.9 Å². The van der Waals surface area contributed by atoms with E-state index in [0.29, 0.717) is 25.5 Å².